The third-order valence-corrected chi connectivity index (χ3v) is 3.67. The van der Waals surface area contributed by atoms with Gasteiger partial charge in [-0.2, -0.15) is 0 Å². The summed E-state index contributed by atoms with van der Waals surface area (Å²) in [4.78, 5) is 0. The summed E-state index contributed by atoms with van der Waals surface area (Å²) in [5.41, 5.74) is 7.39. The van der Waals surface area contributed by atoms with Crippen molar-refractivity contribution in [2.24, 2.45) is 0 Å². The van der Waals surface area contributed by atoms with Gasteiger partial charge in [0, 0.05) is 24.2 Å². The first-order valence-corrected chi connectivity index (χ1v) is 6.61. The first-order chi connectivity index (χ1) is 8.75. The molecule has 1 aliphatic heterocycles. The lowest BCUT2D eigenvalue weighted by molar-refractivity contribution is 0.637. The molecule has 0 bridgehead atoms. The number of hydrogen-bond donors (Lipinski definition) is 1. The molecule has 2 aromatic rings. The van der Waals surface area contributed by atoms with Crippen LogP contribution >= 0.6 is 11.6 Å². The van der Waals surface area contributed by atoms with Gasteiger partial charge >= 0.3 is 0 Å². The van der Waals surface area contributed by atoms with E-state index in [4.69, 9.17) is 17.3 Å². The number of benzene rings is 1. The standard InChI is InChI=1S/C13H15ClN4/c14-11-6-5-9(15)8-10(11)13-17-16-12-4-2-1-3-7-18(12)13/h5-6,8H,1-4,7,15H2. The smallest absolute Gasteiger partial charge is 0.165 e. The molecule has 0 radical (unpaired) electrons. The molecule has 0 aliphatic carbocycles. The van der Waals surface area contributed by atoms with Gasteiger partial charge < -0.3 is 10.3 Å². The van der Waals surface area contributed by atoms with Crippen LogP contribution in [0.3, 0.4) is 0 Å². The SMILES string of the molecule is Nc1ccc(Cl)c(-c2nnc3n2CCCCC3)c1. The fraction of sp³-hybridized carbons (Fsp3) is 0.385. The van der Waals surface area contributed by atoms with Gasteiger partial charge in [-0.25, -0.2) is 0 Å². The number of nitrogen functional groups attached to an aromatic ring is 1. The Hall–Kier alpha value is -1.55. The Labute approximate surface area is 111 Å². The lowest BCUT2D eigenvalue weighted by Gasteiger charge is -2.08. The van der Waals surface area contributed by atoms with Crippen LogP contribution in [-0.2, 0) is 13.0 Å². The van der Waals surface area contributed by atoms with E-state index in [-0.39, 0.29) is 0 Å². The molecular weight excluding hydrogens is 248 g/mol. The summed E-state index contributed by atoms with van der Waals surface area (Å²) in [6.45, 7) is 0.961. The van der Waals surface area contributed by atoms with Gasteiger partial charge in [-0.15, -0.1) is 10.2 Å². The zero-order valence-corrected chi connectivity index (χ0v) is 10.8. The molecule has 1 aromatic heterocycles. The van der Waals surface area contributed by atoms with Crippen molar-refractivity contribution in [3.8, 4) is 11.4 Å². The van der Waals surface area contributed by atoms with Crippen LogP contribution in [0.1, 0.15) is 25.1 Å². The summed E-state index contributed by atoms with van der Waals surface area (Å²) in [6.07, 6.45) is 4.58. The Morgan fingerprint density at radius 3 is 2.94 bits per heavy atom. The lowest BCUT2D eigenvalue weighted by Crippen LogP contribution is -2.03. The van der Waals surface area contributed by atoms with Crippen LogP contribution in [0.5, 0.6) is 0 Å². The minimum Gasteiger partial charge on any atom is -0.399 e. The lowest BCUT2D eigenvalue weighted by atomic mass is 10.2. The van der Waals surface area contributed by atoms with Gasteiger partial charge in [-0.3, -0.25) is 0 Å². The molecule has 4 nitrogen and oxygen atoms in total. The average molecular weight is 263 g/mol. The zero-order chi connectivity index (χ0) is 12.5. The summed E-state index contributed by atoms with van der Waals surface area (Å²) in [6, 6.07) is 5.47. The van der Waals surface area contributed by atoms with Crippen molar-refractivity contribution in [1.29, 1.82) is 0 Å². The van der Waals surface area contributed by atoms with Gasteiger partial charge in [0.25, 0.3) is 0 Å². The average Bonchev–Trinajstić information content (AvgIpc) is 2.61. The molecule has 1 aliphatic rings. The molecule has 0 spiro atoms. The van der Waals surface area contributed by atoms with Gasteiger partial charge in [-0.1, -0.05) is 18.0 Å². The number of aryl methyl sites for hydroxylation is 1. The monoisotopic (exact) mass is 262 g/mol. The highest BCUT2D eigenvalue weighted by atomic mass is 35.5. The topological polar surface area (TPSA) is 56.7 Å². The fourth-order valence-corrected chi connectivity index (χ4v) is 2.60. The molecule has 0 amide bonds. The number of nitrogens with two attached hydrogens (primary N) is 1. The predicted octanol–water partition coefficient (Wildman–Crippen LogP) is 2.91. The quantitative estimate of drug-likeness (QED) is 0.804. The Kier molecular flexibility index (Phi) is 2.96. The van der Waals surface area contributed by atoms with Crippen LogP contribution in [0.15, 0.2) is 18.2 Å². The first kappa shape index (κ1) is 11.5. The van der Waals surface area contributed by atoms with Crippen LogP contribution in [0, 0.1) is 0 Å². The van der Waals surface area contributed by atoms with Crippen LogP contribution in [-0.4, -0.2) is 14.8 Å². The molecule has 0 atom stereocenters. The van der Waals surface area contributed by atoms with E-state index in [1.54, 1.807) is 6.07 Å². The van der Waals surface area contributed by atoms with E-state index in [0.29, 0.717) is 10.7 Å². The molecule has 0 fully saturated rings. The molecule has 2 N–H and O–H groups in total. The van der Waals surface area contributed by atoms with Gasteiger partial charge in [-0.05, 0) is 31.0 Å². The highest BCUT2D eigenvalue weighted by Gasteiger charge is 2.17. The van der Waals surface area contributed by atoms with E-state index in [1.807, 2.05) is 12.1 Å². The second-order valence-corrected chi connectivity index (χ2v) is 5.05. The van der Waals surface area contributed by atoms with Crippen molar-refractivity contribution in [2.45, 2.75) is 32.2 Å². The first-order valence-electron chi connectivity index (χ1n) is 6.23. The van der Waals surface area contributed by atoms with Gasteiger partial charge in [0.15, 0.2) is 5.82 Å². The molecule has 18 heavy (non-hydrogen) atoms. The number of nitrogens with zero attached hydrogens (tertiary/aromatic N) is 3. The Morgan fingerprint density at radius 2 is 2.06 bits per heavy atom. The minimum atomic E-state index is 0.670. The van der Waals surface area contributed by atoms with Crippen LogP contribution in [0.4, 0.5) is 5.69 Å². The minimum absolute atomic E-state index is 0.670. The Bertz CT molecular complexity index is 576. The predicted molar refractivity (Wildman–Crippen MR) is 72.4 cm³/mol. The maximum Gasteiger partial charge on any atom is 0.165 e. The molecule has 94 valence electrons. The number of aromatic nitrogens is 3. The van der Waals surface area contributed by atoms with E-state index in [2.05, 4.69) is 14.8 Å². The van der Waals surface area contributed by atoms with E-state index >= 15 is 0 Å². The van der Waals surface area contributed by atoms with E-state index < -0.39 is 0 Å². The molecule has 2 heterocycles. The van der Waals surface area contributed by atoms with E-state index in [1.165, 1.54) is 12.8 Å². The maximum absolute atomic E-state index is 6.23. The summed E-state index contributed by atoms with van der Waals surface area (Å²) in [7, 11) is 0. The largest absolute Gasteiger partial charge is 0.399 e. The normalized spacial score (nSPS) is 15.2. The number of halogens is 1. The summed E-state index contributed by atoms with van der Waals surface area (Å²) in [5, 5.41) is 9.23. The van der Waals surface area contributed by atoms with Gasteiger partial charge in [0.2, 0.25) is 0 Å². The van der Waals surface area contributed by atoms with Gasteiger partial charge in [0.1, 0.15) is 5.82 Å². The second-order valence-electron chi connectivity index (χ2n) is 4.64. The number of hydrogen-bond acceptors (Lipinski definition) is 3. The summed E-state index contributed by atoms with van der Waals surface area (Å²) in [5.74, 6) is 1.89. The highest BCUT2D eigenvalue weighted by Crippen LogP contribution is 2.30. The maximum atomic E-state index is 6.23. The van der Waals surface area contributed by atoms with Crippen molar-refractivity contribution < 1.29 is 0 Å². The summed E-state index contributed by atoms with van der Waals surface area (Å²) < 4.78 is 2.17. The van der Waals surface area contributed by atoms with Crippen LogP contribution < -0.4 is 5.73 Å². The van der Waals surface area contributed by atoms with Crippen LogP contribution in [0.2, 0.25) is 5.02 Å². The Morgan fingerprint density at radius 1 is 1.17 bits per heavy atom. The number of anilines is 1. The molecule has 0 saturated heterocycles. The number of rotatable bonds is 1. The molecule has 5 heteroatoms. The van der Waals surface area contributed by atoms with Crippen molar-refractivity contribution in [2.75, 3.05) is 5.73 Å². The Balaban J connectivity index is 2.12. The third-order valence-electron chi connectivity index (χ3n) is 3.34. The summed E-state index contributed by atoms with van der Waals surface area (Å²) >= 11 is 6.23. The van der Waals surface area contributed by atoms with Crippen molar-refractivity contribution >= 4 is 17.3 Å². The highest BCUT2D eigenvalue weighted by molar-refractivity contribution is 6.33. The van der Waals surface area contributed by atoms with Crippen molar-refractivity contribution in [3.05, 3.63) is 29.0 Å². The van der Waals surface area contributed by atoms with Crippen molar-refractivity contribution in [1.82, 2.24) is 14.8 Å². The molecular formula is C13H15ClN4. The second kappa shape index (κ2) is 4.61. The van der Waals surface area contributed by atoms with Crippen molar-refractivity contribution in [3.63, 3.8) is 0 Å². The molecule has 0 saturated carbocycles. The van der Waals surface area contributed by atoms with E-state index in [0.717, 1.165) is 36.6 Å². The van der Waals surface area contributed by atoms with Crippen LogP contribution in [0.25, 0.3) is 11.4 Å². The van der Waals surface area contributed by atoms with E-state index in [9.17, 15) is 0 Å². The number of fused-ring (bicyclic) bond motifs is 1. The third kappa shape index (κ3) is 1.97. The zero-order valence-electron chi connectivity index (χ0n) is 10.1. The molecule has 1 aromatic carbocycles. The molecule has 3 rings (SSSR count). The molecule has 0 unspecified atom stereocenters. The fourth-order valence-electron chi connectivity index (χ4n) is 2.40. The van der Waals surface area contributed by atoms with Gasteiger partial charge in [0.05, 0.1) is 5.02 Å².